The van der Waals surface area contributed by atoms with Crippen LogP contribution in [0.15, 0.2) is 176 Å². The summed E-state index contributed by atoms with van der Waals surface area (Å²) >= 11 is 1.86. The van der Waals surface area contributed by atoms with E-state index in [9.17, 15) is 0 Å². The van der Waals surface area contributed by atoms with Crippen LogP contribution in [0.25, 0.3) is 105 Å². The molecule has 268 valence electrons. The van der Waals surface area contributed by atoms with Crippen molar-refractivity contribution < 1.29 is 0 Å². The first-order valence-electron chi connectivity index (χ1n) is 19.4. The van der Waals surface area contributed by atoms with Crippen molar-refractivity contribution in [2.45, 2.75) is 12.8 Å². The average Bonchev–Trinajstić information content (AvgIpc) is 3.68. The summed E-state index contributed by atoms with van der Waals surface area (Å²) in [7, 11) is 0. The first-order chi connectivity index (χ1) is 28.2. The normalized spacial score (nSPS) is 12.4. The topological polar surface area (TPSA) is 51.6 Å². The van der Waals surface area contributed by atoms with Crippen molar-refractivity contribution in [1.82, 2.24) is 19.9 Å². The number of hydrogen-bond donors (Lipinski definition) is 0. The van der Waals surface area contributed by atoms with Crippen molar-refractivity contribution in [3.63, 3.8) is 0 Å². The van der Waals surface area contributed by atoms with Gasteiger partial charge in [-0.1, -0.05) is 170 Å². The summed E-state index contributed by atoms with van der Waals surface area (Å²) in [6, 6.07) is 59.9. The highest BCUT2D eigenvalue weighted by molar-refractivity contribution is 7.26. The van der Waals surface area contributed by atoms with E-state index in [4.69, 9.17) is 19.9 Å². The van der Waals surface area contributed by atoms with Gasteiger partial charge < -0.3 is 0 Å². The lowest BCUT2D eigenvalue weighted by Crippen LogP contribution is -2.05. The van der Waals surface area contributed by atoms with Gasteiger partial charge in [-0.05, 0) is 47.2 Å². The number of rotatable bonds is 6. The highest BCUT2D eigenvalue weighted by Gasteiger charge is 2.19. The summed E-state index contributed by atoms with van der Waals surface area (Å²) < 4.78 is 2.55. The monoisotopic (exact) mass is 746 g/mol. The number of fused-ring (bicyclic) bond motifs is 5. The maximum atomic E-state index is 5.13. The van der Waals surface area contributed by atoms with E-state index in [1.54, 1.807) is 0 Å². The number of allylic oxidation sites excluding steroid dienone is 1. The second-order valence-corrected chi connectivity index (χ2v) is 15.5. The Morgan fingerprint density at radius 2 is 1.00 bits per heavy atom. The zero-order valence-electron chi connectivity index (χ0n) is 30.9. The largest absolute Gasteiger partial charge is 0.232 e. The third-order valence-corrected chi connectivity index (χ3v) is 12.2. The fourth-order valence-electron chi connectivity index (χ4n) is 8.18. The molecule has 5 heteroatoms. The van der Waals surface area contributed by atoms with Gasteiger partial charge in [0.2, 0.25) is 0 Å². The van der Waals surface area contributed by atoms with E-state index in [2.05, 4.69) is 158 Å². The SMILES string of the molecule is C1=Cc2c(nc(-c3ccc(-c4cccc5sc6c(-c7ccc(-c8nc(-c9ccccc9)c9ccccc9n8)cc7)cccc6c45)cc3)nc2-c2ccccc2)CC1. The zero-order valence-corrected chi connectivity index (χ0v) is 31.7. The molecule has 0 aliphatic heterocycles. The van der Waals surface area contributed by atoms with E-state index in [1.807, 2.05) is 35.6 Å². The van der Waals surface area contributed by atoms with Crippen LogP contribution in [-0.2, 0) is 6.42 Å². The summed E-state index contributed by atoms with van der Waals surface area (Å²) in [5.41, 5.74) is 14.1. The van der Waals surface area contributed by atoms with Crippen molar-refractivity contribution in [3.05, 3.63) is 187 Å². The molecule has 10 aromatic rings. The Kier molecular flexibility index (Phi) is 8.11. The molecule has 0 unspecified atom stereocenters. The summed E-state index contributed by atoms with van der Waals surface area (Å²) in [5, 5.41) is 3.60. The Hall–Kier alpha value is -7.08. The zero-order chi connectivity index (χ0) is 37.7. The molecule has 0 N–H and O–H groups in total. The molecule has 0 bridgehead atoms. The molecule has 0 saturated carbocycles. The number of para-hydroxylation sites is 1. The Labute approximate surface area is 334 Å². The summed E-state index contributed by atoms with van der Waals surface area (Å²) in [4.78, 5) is 20.3. The van der Waals surface area contributed by atoms with Gasteiger partial charge in [-0.25, -0.2) is 19.9 Å². The van der Waals surface area contributed by atoms with E-state index in [0.717, 1.165) is 80.3 Å². The first-order valence-corrected chi connectivity index (χ1v) is 20.2. The Bertz CT molecular complexity index is 3150. The molecule has 3 aromatic heterocycles. The maximum absolute atomic E-state index is 5.13. The Morgan fingerprint density at radius 1 is 0.421 bits per heavy atom. The van der Waals surface area contributed by atoms with Gasteiger partial charge >= 0.3 is 0 Å². The van der Waals surface area contributed by atoms with E-state index in [1.165, 1.54) is 42.4 Å². The van der Waals surface area contributed by atoms with Crippen LogP contribution < -0.4 is 0 Å². The van der Waals surface area contributed by atoms with Gasteiger partial charge in [0.25, 0.3) is 0 Å². The van der Waals surface area contributed by atoms with Crippen molar-refractivity contribution in [2.24, 2.45) is 0 Å². The number of benzene rings is 7. The van der Waals surface area contributed by atoms with Crippen LogP contribution in [0.1, 0.15) is 17.7 Å². The fraction of sp³-hybridized carbons (Fsp3) is 0.0385. The predicted molar refractivity (Wildman–Crippen MR) is 238 cm³/mol. The molecule has 0 radical (unpaired) electrons. The smallest absolute Gasteiger partial charge is 0.160 e. The predicted octanol–water partition coefficient (Wildman–Crippen LogP) is 13.7. The third-order valence-electron chi connectivity index (χ3n) is 11.0. The Morgan fingerprint density at radius 3 is 1.75 bits per heavy atom. The quantitative estimate of drug-likeness (QED) is 0.170. The molecule has 0 amide bonds. The minimum atomic E-state index is 0.724. The van der Waals surface area contributed by atoms with Gasteiger partial charge in [-0.3, -0.25) is 0 Å². The van der Waals surface area contributed by atoms with Gasteiger partial charge in [0.15, 0.2) is 11.6 Å². The number of aromatic nitrogens is 4. The molecular weight excluding hydrogens is 713 g/mol. The van der Waals surface area contributed by atoms with E-state index in [0.29, 0.717) is 0 Å². The number of thiophene rings is 1. The fourth-order valence-corrected chi connectivity index (χ4v) is 9.45. The molecule has 0 spiro atoms. The minimum Gasteiger partial charge on any atom is -0.232 e. The average molecular weight is 747 g/mol. The molecule has 3 heterocycles. The van der Waals surface area contributed by atoms with Crippen LogP contribution in [-0.4, -0.2) is 19.9 Å². The van der Waals surface area contributed by atoms with Crippen LogP contribution in [0.3, 0.4) is 0 Å². The lowest BCUT2D eigenvalue weighted by molar-refractivity contribution is 0.915. The van der Waals surface area contributed by atoms with Crippen LogP contribution in [0.5, 0.6) is 0 Å². The highest BCUT2D eigenvalue weighted by Crippen LogP contribution is 2.44. The Balaban J connectivity index is 0.949. The molecule has 0 saturated heterocycles. The lowest BCUT2D eigenvalue weighted by atomic mass is 9.96. The van der Waals surface area contributed by atoms with Crippen LogP contribution in [0.4, 0.5) is 0 Å². The first kappa shape index (κ1) is 33.3. The maximum Gasteiger partial charge on any atom is 0.160 e. The highest BCUT2D eigenvalue weighted by atomic mass is 32.1. The molecule has 0 atom stereocenters. The van der Waals surface area contributed by atoms with E-state index < -0.39 is 0 Å². The molecule has 1 aliphatic carbocycles. The molecule has 0 fully saturated rings. The van der Waals surface area contributed by atoms with Gasteiger partial charge in [-0.15, -0.1) is 11.3 Å². The van der Waals surface area contributed by atoms with Gasteiger partial charge in [0.05, 0.1) is 22.6 Å². The molecule has 4 nitrogen and oxygen atoms in total. The second-order valence-electron chi connectivity index (χ2n) is 14.5. The summed E-state index contributed by atoms with van der Waals surface area (Å²) in [6.07, 6.45) is 6.33. The summed E-state index contributed by atoms with van der Waals surface area (Å²) in [5.74, 6) is 1.50. The van der Waals surface area contributed by atoms with Gasteiger partial charge in [-0.2, -0.15) is 0 Å². The van der Waals surface area contributed by atoms with E-state index >= 15 is 0 Å². The number of nitrogens with zero attached hydrogens (tertiary/aromatic N) is 4. The molecule has 11 rings (SSSR count). The van der Waals surface area contributed by atoms with Crippen LogP contribution in [0.2, 0.25) is 0 Å². The van der Waals surface area contributed by atoms with Crippen molar-refractivity contribution >= 4 is 48.5 Å². The molecule has 57 heavy (non-hydrogen) atoms. The number of hydrogen-bond acceptors (Lipinski definition) is 5. The minimum absolute atomic E-state index is 0.724. The van der Waals surface area contributed by atoms with Crippen LogP contribution in [0, 0.1) is 0 Å². The molecule has 7 aromatic carbocycles. The second kappa shape index (κ2) is 13.9. The lowest BCUT2D eigenvalue weighted by Gasteiger charge is -2.16. The van der Waals surface area contributed by atoms with Gasteiger partial charge in [0, 0.05) is 53.4 Å². The molecular formula is C52H34N4S. The van der Waals surface area contributed by atoms with Crippen molar-refractivity contribution in [3.8, 4) is 67.5 Å². The van der Waals surface area contributed by atoms with Crippen molar-refractivity contribution in [2.75, 3.05) is 0 Å². The van der Waals surface area contributed by atoms with Gasteiger partial charge in [0.1, 0.15) is 0 Å². The standard InChI is InChI=1S/C52H34N4S/c1-3-13-35(14-4-1)48-41-17-7-9-22-44(41)53-51(55-48)37-29-25-33(26-30-37)39-19-12-24-46-47(39)43-21-11-20-40(50(43)57-46)34-27-31-38(32-28-34)52-54-45-23-10-8-18-42(45)49(56-52)36-15-5-2-6-16-36/h1-8,10-21,23-32H,9,22H2. The third kappa shape index (κ3) is 5.92. The van der Waals surface area contributed by atoms with Crippen LogP contribution >= 0.6 is 11.3 Å². The van der Waals surface area contributed by atoms with E-state index in [-0.39, 0.29) is 0 Å². The van der Waals surface area contributed by atoms with Crippen molar-refractivity contribution in [1.29, 1.82) is 0 Å². The molecule has 1 aliphatic rings. The number of aryl methyl sites for hydroxylation is 1. The summed E-state index contributed by atoms with van der Waals surface area (Å²) in [6.45, 7) is 0.